The number of thiophene rings is 1. The highest BCUT2D eigenvalue weighted by Gasteiger charge is 2.17. The molecule has 0 aliphatic carbocycles. The Morgan fingerprint density at radius 2 is 2.05 bits per heavy atom. The Kier molecular flexibility index (Phi) is 3.21. The maximum Gasteiger partial charge on any atom is 0.289 e. The van der Waals surface area contributed by atoms with Crippen molar-refractivity contribution in [2.75, 3.05) is 6.79 Å². The molecule has 4 rings (SSSR count). The molecule has 5 nitrogen and oxygen atoms in total. The molecule has 0 atom stereocenters. The Bertz CT molecular complexity index is 970. The summed E-state index contributed by atoms with van der Waals surface area (Å²) in [6, 6.07) is 7.19. The van der Waals surface area contributed by atoms with E-state index in [1.165, 1.54) is 22.7 Å². The van der Waals surface area contributed by atoms with E-state index < -0.39 is 0 Å². The van der Waals surface area contributed by atoms with Crippen LogP contribution < -0.4 is 14.3 Å². The zero-order valence-electron chi connectivity index (χ0n) is 11.3. The third-order valence-corrected chi connectivity index (χ3v) is 5.60. The number of nitrogens with zero attached hydrogens (tertiary/aromatic N) is 2. The predicted molar refractivity (Wildman–Crippen MR) is 86.1 cm³/mol. The molecule has 2 aromatic heterocycles. The molecule has 3 aromatic rings. The van der Waals surface area contributed by atoms with Crippen molar-refractivity contribution < 1.29 is 14.3 Å². The first kappa shape index (κ1) is 13.8. The van der Waals surface area contributed by atoms with E-state index in [4.69, 9.17) is 21.1 Å². The number of amides is 1. The van der Waals surface area contributed by atoms with Gasteiger partial charge < -0.3 is 14.0 Å². The lowest BCUT2D eigenvalue weighted by Crippen LogP contribution is -2.12. The maximum atomic E-state index is 12.2. The van der Waals surface area contributed by atoms with Crippen LogP contribution in [0.25, 0.3) is 10.2 Å². The molecule has 1 aliphatic rings. The van der Waals surface area contributed by atoms with Crippen LogP contribution in [0.15, 0.2) is 29.3 Å². The number of carbonyl (C=O) groups excluding carboxylic acids is 1. The number of ether oxygens (including phenoxy) is 2. The van der Waals surface area contributed by atoms with Gasteiger partial charge in [0.2, 0.25) is 6.79 Å². The van der Waals surface area contributed by atoms with E-state index in [-0.39, 0.29) is 12.7 Å². The average Bonchev–Trinajstić information content (AvgIpc) is 3.18. The van der Waals surface area contributed by atoms with Crippen molar-refractivity contribution in [1.82, 2.24) is 4.57 Å². The third kappa shape index (κ3) is 2.22. The fraction of sp³-hybridized carbons (Fsp3) is 0.143. The smallest absolute Gasteiger partial charge is 0.289 e. The van der Waals surface area contributed by atoms with Crippen molar-refractivity contribution in [3.05, 3.63) is 38.3 Å². The van der Waals surface area contributed by atoms with Gasteiger partial charge in [0.1, 0.15) is 0 Å². The van der Waals surface area contributed by atoms with Crippen molar-refractivity contribution >= 4 is 50.4 Å². The number of hydrogen-bond donors (Lipinski definition) is 0. The van der Waals surface area contributed by atoms with Gasteiger partial charge in [0.25, 0.3) is 5.91 Å². The quantitative estimate of drug-likeness (QED) is 0.674. The molecule has 112 valence electrons. The molecule has 0 spiro atoms. The maximum absolute atomic E-state index is 12.2. The van der Waals surface area contributed by atoms with Crippen molar-refractivity contribution in [3.8, 4) is 11.5 Å². The van der Waals surface area contributed by atoms with Crippen molar-refractivity contribution in [3.63, 3.8) is 0 Å². The van der Waals surface area contributed by atoms with Crippen LogP contribution in [0, 0.1) is 0 Å². The number of carbonyl (C=O) groups is 1. The molecule has 1 aromatic carbocycles. The molecule has 0 N–H and O–H groups in total. The van der Waals surface area contributed by atoms with Gasteiger partial charge in [-0.05, 0) is 12.1 Å². The number of aromatic nitrogens is 1. The summed E-state index contributed by atoms with van der Waals surface area (Å²) in [6.07, 6.45) is 0. The number of thiazole rings is 1. The molecule has 0 saturated heterocycles. The molecule has 1 amide bonds. The van der Waals surface area contributed by atoms with Crippen LogP contribution in [0.1, 0.15) is 9.67 Å². The van der Waals surface area contributed by atoms with Gasteiger partial charge in [-0.1, -0.05) is 22.9 Å². The molecule has 0 saturated carbocycles. The Morgan fingerprint density at radius 3 is 2.77 bits per heavy atom. The summed E-state index contributed by atoms with van der Waals surface area (Å²) in [4.78, 5) is 17.5. The first-order valence-corrected chi connectivity index (χ1v) is 8.36. The van der Waals surface area contributed by atoms with Gasteiger partial charge in [0.15, 0.2) is 16.3 Å². The van der Waals surface area contributed by atoms with Crippen LogP contribution in [-0.4, -0.2) is 17.3 Å². The van der Waals surface area contributed by atoms with Crippen LogP contribution in [-0.2, 0) is 7.05 Å². The highest BCUT2D eigenvalue weighted by molar-refractivity contribution is 7.18. The largest absolute Gasteiger partial charge is 0.454 e. The van der Waals surface area contributed by atoms with Crippen LogP contribution in [0.2, 0.25) is 4.34 Å². The van der Waals surface area contributed by atoms with Gasteiger partial charge in [0.05, 0.1) is 19.4 Å². The SMILES string of the molecule is Cn1c(=NC(=O)c2ccc(Cl)s2)sc2cc3c(cc21)OCO3. The van der Waals surface area contributed by atoms with Crippen molar-refractivity contribution in [1.29, 1.82) is 0 Å². The fourth-order valence-electron chi connectivity index (χ4n) is 2.20. The summed E-state index contributed by atoms with van der Waals surface area (Å²) < 4.78 is 14.2. The van der Waals surface area contributed by atoms with E-state index in [0.717, 1.165) is 16.0 Å². The number of fused-ring (bicyclic) bond motifs is 2. The van der Waals surface area contributed by atoms with Gasteiger partial charge in [0, 0.05) is 19.2 Å². The highest BCUT2D eigenvalue weighted by atomic mass is 35.5. The van der Waals surface area contributed by atoms with E-state index in [0.29, 0.717) is 19.8 Å². The number of benzene rings is 1. The molecular formula is C14H9ClN2O3S2. The van der Waals surface area contributed by atoms with E-state index >= 15 is 0 Å². The van der Waals surface area contributed by atoms with E-state index in [9.17, 15) is 4.79 Å². The molecule has 0 bridgehead atoms. The number of hydrogen-bond acceptors (Lipinski definition) is 5. The number of halogens is 1. The van der Waals surface area contributed by atoms with E-state index in [1.807, 2.05) is 23.7 Å². The molecular weight excluding hydrogens is 344 g/mol. The van der Waals surface area contributed by atoms with Crippen LogP contribution in [0.5, 0.6) is 11.5 Å². The molecule has 8 heteroatoms. The summed E-state index contributed by atoms with van der Waals surface area (Å²) in [5.74, 6) is 1.14. The lowest BCUT2D eigenvalue weighted by Gasteiger charge is -1.98. The molecule has 22 heavy (non-hydrogen) atoms. The number of rotatable bonds is 1. The predicted octanol–water partition coefficient (Wildman–Crippen LogP) is 3.42. The summed E-state index contributed by atoms with van der Waals surface area (Å²) >= 11 is 8.51. The first-order chi connectivity index (χ1) is 10.6. The van der Waals surface area contributed by atoms with Gasteiger partial charge >= 0.3 is 0 Å². The summed E-state index contributed by atoms with van der Waals surface area (Å²) in [5, 5.41) is 0. The zero-order valence-corrected chi connectivity index (χ0v) is 13.7. The Hall–Kier alpha value is -1.83. The topological polar surface area (TPSA) is 52.8 Å². The normalized spacial score (nSPS) is 14.0. The Morgan fingerprint density at radius 1 is 1.27 bits per heavy atom. The zero-order chi connectivity index (χ0) is 15.3. The van der Waals surface area contributed by atoms with Gasteiger partial charge in [-0.2, -0.15) is 4.99 Å². The second-order valence-corrected chi connectivity index (χ2v) is 7.36. The first-order valence-electron chi connectivity index (χ1n) is 6.35. The number of aryl methyl sites for hydroxylation is 1. The highest BCUT2D eigenvalue weighted by Crippen LogP contribution is 2.36. The van der Waals surface area contributed by atoms with E-state index in [1.54, 1.807) is 12.1 Å². The van der Waals surface area contributed by atoms with Crippen LogP contribution in [0.4, 0.5) is 0 Å². The lowest BCUT2D eigenvalue weighted by atomic mass is 10.3. The minimum absolute atomic E-state index is 0.241. The average molecular weight is 353 g/mol. The monoisotopic (exact) mass is 352 g/mol. The van der Waals surface area contributed by atoms with Crippen LogP contribution >= 0.6 is 34.3 Å². The second kappa shape index (κ2) is 5.12. The minimum Gasteiger partial charge on any atom is -0.454 e. The molecule has 3 heterocycles. The van der Waals surface area contributed by atoms with E-state index in [2.05, 4.69) is 4.99 Å². The minimum atomic E-state index is -0.293. The van der Waals surface area contributed by atoms with Crippen molar-refractivity contribution in [2.24, 2.45) is 12.0 Å². The third-order valence-electron chi connectivity index (χ3n) is 3.28. The molecule has 0 fully saturated rings. The molecule has 0 radical (unpaired) electrons. The fourth-order valence-corrected chi connectivity index (χ4v) is 4.15. The van der Waals surface area contributed by atoms with Gasteiger partial charge in [-0.15, -0.1) is 11.3 Å². The Labute approximate surface area is 138 Å². The second-order valence-electron chi connectivity index (χ2n) is 4.64. The van der Waals surface area contributed by atoms with Crippen molar-refractivity contribution in [2.45, 2.75) is 0 Å². The molecule has 0 unspecified atom stereocenters. The Balaban J connectivity index is 1.83. The van der Waals surface area contributed by atoms with Gasteiger partial charge in [-0.25, -0.2) is 0 Å². The molecule has 1 aliphatic heterocycles. The van der Waals surface area contributed by atoms with Gasteiger partial charge in [-0.3, -0.25) is 4.79 Å². The lowest BCUT2D eigenvalue weighted by molar-refractivity contribution is 0.100. The summed E-state index contributed by atoms with van der Waals surface area (Å²) in [6.45, 7) is 0.241. The van der Waals surface area contributed by atoms with Crippen LogP contribution in [0.3, 0.4) is 0 Å². The standard InChI is InChI=1S/C14H9ClN2O3S2/c1-17-7-4-8-9(20-6-19-8)5-11(7)22-14(17)16-13(18)10-2-3-12(15)21-10/h2-5H,6H2,1H3. The summed E-state index contributed by atoms with van der Waals surface area (Å²) in [7, 11) is 1.87. The summed E-state index contributed by atoms with van der Waals surface area (Å²) in [5.41, 5.74) is 0.949.